The summed E-state index contributed by atoms with van der Waals surface area (Å²) in [6.07, 6.45) is 8.34. The lowest BCUT2D eigenvalue weighted by atomic mass is 9.68. The maximum atomic E-state index is 5.97. The fraction of sp³-hybridized carbons (Fsp3) is 1.00. The number of rotatable bonds is 7. The van der Waals surface area contributed by atoms with Gasteiger partial charge in [-0.3, -0.25) is 4.90 Å². The van der Waals surface area contributed by atoms with Gasteiger partial charge >= 0.3 is 0 Å². The quantitative estimate of drug-likeness (QED) is 0.720. The molecule has 2 nitrogen and oxygen atoms in total. The van der Waals surface area contributed by atoms with E-state index in [1.807, 2.05) is 0 Å². The van der Waals surface area contributed by atoms with Crippen molar-refractivity contribution in [1.82, 2.24) is 4.90 Å². The molecule has 0 saturated heterocycles. The first-order valence-electron chi connectivity index (χ1n) is 7.09. The molecule has 94 valence electrons. The van der Waals surface area contributed by atoms with Crippen molar-refractivity contribution in [3.63, 3.8) is 0 Å². The average Bonchev–Trinajstić information content (AvgIpc) is 2.99. The van der Waals surface area contributed by atoms with Crippen LogP contribution in [0.25, 0.3) is 0 Å². The van der Waals surface area contributed by atoms with E-state index in [-0.39, 0.29) is 0 Å². The lowest BCUT2D eigenvalue weighted by Crippen LogP contribution is -2.48. The van der Waals surface area contributed by atoms with Gasteiger partial charge in [-0.1, -0.05) is 20.3 Å². The van der Waals surface area contributed by atoms with E-state index in [0.29, 0.717) is 5.41 Å². The summed E-state index contributed by atoms with van der Waals surface area (Å²) < 4.78 is 0. The molecular weight excluding hydrogens is 196 g/mol. The first-order valence-corrected chi connectivity index (χ1v) is 7.09. The maximum Gasteiger partial charge on any atom is 0.00966 e. The van der Waals surface area contributed by atoms with Gasteiger partial charge in [0.15, 0.2) is 0 Å². The molecule has 0 unspecified atom stereocenters. The van der Waals surface area contributed by atoms with Gasteiger partial charge in [0, 0.05) is 12.6 Å². The molecule has 0 radical (unpaired) electrons. The van der Waals surface area contributed by atoms with E-state index in [9.17, 15) is 0 Å². The van der Waals surface area contributed by atoms with E-state index >= 15 is 0 Å². The highest BCUT2D eigenvalue weighted by Crippen LogP contribution is 2.42. The predicted octanol–water partition coefficient (Wildman–Crippen LogP) is 2.63. The zero-order valence-corrected chi connectivity index (χ0v) is 11.0. The fourth-order valence-electron chi connectivity index (χ4n) is 2.79. The molecule has 2 fully saturated rings. The Kier molecular flexibility index (Phi) is 3.91. The third-order valence-corrected chi connectivity index (χ3v) is 4.44. The minimum absolute atomic E-state index is 0.500. The zero-order valence-electron chi connectivity index (χ0n) is 11.0. The van der Waals surface area contributed by atoms with Gasteiger partial charge in [0.25, 0.3) is 0 Å². The second kappa shape index (κ2) is 5.05. The van der Waals surface area contributed by atoms with E-state index < -0.39 is 0 Å². The van der Waals surface area contributed by atoms with Gasteiger partial charge in [-0.2, -0.15) is 0 Å². The van der Waals surface area contributed by atoms with Crippen LogP contribution in [0, 0.1) is 11.3 Å². The molecule has 2 rings (SSSR count). The largest absolute Gasteiger partial charge is 0.330 e. The summed E-state index contributed by atoms with van der Waals surface area (Å²) in [7, 11) is 0. The lowest BCUT2D eigenvalue weighted by Gasteiger charge is -2.44. The Hall–Kier alpha value is -0.0800. The van der Waals surface area contributed by atoms with Crippen LogP contribution in [0.5, 0.6) is 0 Å². The van der Waals surface area contributed by atoms with E-state index in [0.717, 1.165) is 18.5 Å². The highest BCUT2D eigenvalue weighted by atomic mass is 15.2. The summed E-state index contributed by atoms with van der Waals surface area (Å²) in [4.78, 5) is 2.74. The molecule has 0 aromatic rings. The topological polar surface area (TPSA) is 29.3 Å². The molecule has 0 aliphatic heterocycles. The third-order valence-electron chi connectivity index (χ3n) is 4.44. The van der Waals surface area contributed by atoms with Crippen molar-refractivity contribution in [2.75, 3.05) is 19.6 Å². The smallest absolute Gasteiger partial charge is 0.00966 e. The van der Waals surface area contributed by atoms with Crippen molar-refractivity contribution in [1.29, 1.82) is 0 Å². The van der Waals surface area contributed by atoms with Crippen molar-refractivity contribution >= 4 is 0 Å². The van der Waals surface area contributed by atoms with Crippen molar-refractivity contribution in [2.45, 2.75) is 58.4 Å². The van der Waals surface area contributed by atoms with Crippen LogP contribution in [0.3, 0.4) is 0 Å². The molecule has 16 heavy (non-hydrogen) atoms. The van der Waals surface area contributed by atoms with Crippen LogP contribution < -0.4 is 5.73 Å². The molecule has 0 aromatic carbocycles. The number of nitrogens with zero attached hydrogens (tertiary/aromatic N) is 1. The molecule has 2 aliphatic rings. The van der Waals surface area contributed by atoms with E-state index in [4.69, 9.17) is 5.73 Å². The van der Waals surface area contributed by atoms with E-state index in [2.05, 4.69) is 18.7 Å². The Morgan fingerprint density at radius 2 is 2.00 bits per heavy atom. The Balaban J connectivity index is 1.82. The molecule has 0 atom stereocenters. The van der Waals surface area contributed by atoms with Crippen LogP contribution in [-0.4, -0.2) is 30.6 Å². The second-order valence-electron chi connectivity index (χ2n) is 6.44. The molecule has 2 aliphatic carbocycles. The fourth-order valence-corrected chi connectivity index (χ4v) is 2.79. The molecule has 0 aromatic heterocycles. The summed E-state index contributed by atoms with van der Waals surface area (Å²) in [5.41, 5.74) is 6.47. The van der Waals surface area contributed by atoms with Crippen LogP contribution in [0.2, 0.25) is 0 Å². The Labute approximate surface area is 101 Å². The van der Waals surface area contributed by atoms with Crippen molar-refractivity contribution in [2.24, 2.45) is 17.1 Å². The monoisotopic (exact) mass is 224 g/mol. The zero-order chi connectivity index (χ0) is 11.6. The lowest BCUT2D eigenvalue weighted by molar-refractivity contribution is 0.0679. The molecule has 0 spiro atoms. The van der Waals surface area contributed by atoms with Gasteiger partial charge in [-0.25, -0.2) is 0 Å². The molecule has 2 saturated carbocycles. The second-order valence-corrected chi connectivity index (χ2v) is 6.44. The molecule has 0 heterocycles. The van der Waals surface area contributed by atoms with Crippen LogP contribution in [0.1, 0.15) is 52.4 Å². The van der Waals surface area contributed by atoms with Gasteiger partial charge in [0.05, 0.1) is 0 Å². The molecule has 0 bridgehead atoms. The minimum atomic E-state index is 0.500. The third kappa shape index (κ3) is 2.98. The normalized spacial score (nSPS) is 23.8. The van der Waals surface area contributed by atoms with Crippen LogP contribution >= 0.6 is 0 Å². The maximum absolute atomic E-state index is 5.97. The summed E-state index contributed by atoms with van der Waals surface area (Å²) >= 11 is 0. The molecule has 0 amide bonds. The van der Waals surface area contributed by atoms with Gasteiger partial charge in [0.2, 0.25) is 0 Å². The summed E-state index contributed by atoms with van der Waals surface area (Å²) in [6, 6.07) is 0.905. The molecule has 2 heteroatoms. The van der Waals surface area contributed by atoms with Crippen molar-refractivity contribution < 1.29 is 0 Å². The Morgan fingerprint density at radius 3 is 2.38 bits per heavy atom. The first kappa shape index (κ1) is 12.4. The minimum Gasteiger partial charge on any atom is -0.330 e. The summed E-state index contributed by atoms with van der Waals surface area (Å²) in [5.74, 6) is 0.830. The predicted molar refractivity (Wildman–Crippen MR) is 69.4 cm³/mol. The highest BCUT2D eigenvalue weighted by Gasteiger charge is 2.40. The summed E-state index contributed by atoms with van der Waals surface area (Å²) in [5, 5.41) is 0. The molecular formula is C14H28N2. The number of nitrogens with two attached hydrogens (primary N) is 1. The average molecular weight is 224 g/mol. The van der Waals surface area contributed by atoms with Crippen molar-refractivity contribution in [3.8, 4) is 0 Å². The highest BCUT2D eigenvalue weighted by molar-refractivity contribution is 4.95. The first-order chi connectivity index (χ1) is 7.65. The van der Waals surface area contributed by atoms with E-state index in [1.165, 1.54) is 51.6 Å². The van der Waals surface area contributed by atoms with E-state index in [1.54, 1.807) is 0 Å². The standard InChI is InChI=1S/C14H28N2/c1-12(2)6-9-16(13-4-5-13)11-14(10-15)7-3-8-14/h12-13H,3-11,15H2,1-2H3. The molecule has 2 N–H and O–H groups in total. The van der Waals surface area contributed by atoms with Gasteiger partial charge in [-0.05, 0) is 56.5 Å². The van der Waals surface area contributed by atoms with Gasteiger partial charge < -0.3 is 5.73 Å². The van der Waals surface area contributed by atoms with Crippen LogP contribution in [0.15, 0.2) is 0 Å². The summed E-state index contributed by atoms with van der Waals surface area (Å²) in [6.45, 7) is 8.13. The van der Waals surface area contributed by atoms with Crippen molar-refractivity contribution in [3.05, 3.63) is 0 Å². The SMILES string of the molecule is CC(C)CCN(CC1(CN)CCC1)C1CC1. The van der Waals surface area contributed by atoms with Crippen LogP contribution in [0.4, 0.5) is 0 Å². The van der Waals surface area contributed by atoms with Gasteiger partial charge in [-0.15, -0.1) is 0 Å². The number of hydrogen-bond donors (Lipinski definition) is 1. The van der Waals surface area contributed by atoms with Crippen LogP contribution in [-0.2, 0) is 0 Å². The number of hydrogen-bond acceptors (Lipinski definition) is 2. The Bertz CT molecular complexity index is 211. The Morgan fingerprint density at radius 1 is 1.31 bits per heavy atom. The van der Waals surface area contributed by atoms with Gasteiger partial charge in [0.1, 0.15) is 0 Å².